The van der Waals surface area contributed by atoms with E-state index in [0.717, 1.165) is 0 Å². The molecule has 0 aromatic rings. The van der Waals surface area contributed by atoms with Gasteiger partial charge in [-0.1, -0.05) is 0 Å². The fourth-order valence-electron chi connectivity index (χ4n) is 2.09. The Balaban J connectivity index is 2.07. The SMILES string of the molecule is CO[C@H]1C[C@@H]2OC(=O)C[C@@H]2[C@H](CO)O1. The van der Waals surface area contributed by atoms with Crippen molar-refractivity contribution >= 4 is 5.97 Å². The van der Waals surface area contributed by atoms with E-state index in [0.29, 0.717) is 12.8 Å². The highest BCUT2D eigenvalue weighted by Crippen LogP contribution is 2.35. The number of carbonyl (C=O) groups excluding carboxylic acids is 1. The van der Waals surface area contributed by atoms with Crippen LogP contribution in [0.15, 0.2) is 0 Å². The second-order valence-electron chi connectivity index (χ2n) is 3.65. The van der Waals surface area contributed by atoms with Crippen LogP contribution in [0.1, 0.15) is 12.8 Å². The van der Waals surface area contributed by atoms with Crippen LogP contribution in [0.2, 0.25) is 0 Å². The first-order valence-corrected chi connectivity index (χ1v) is 4.73. The highest BCUT2D eigenvalue weighted by Gasteiger charge is 2.46. The summed E-state index contributed by atoms with van der Waals surface area (Å²) in [6.07, 6.45) is 0.0261. The van der Waals surface area contributed by atoms with Gasteiger partial charge < -0.3 is 19.3 Å². The quantitative estimate of drug-likeness (QED) is 0.621. The summed E-state index contributed by atoms with van der Waals surface area (Å²) in [5, 5.41) is 9.09. The molecule has 2 rings (SSSR count). The maximum absolute atomic E-state index is 11.1. The van der Waals surface area contributed by atoms with Crippen molar-refractivity contribution in [2.45, 2.75) is 31.3 Å². The van der Waals surface area contributed by atoms with Crippen LogP contribution in [0, 0.1) is 5.92 Å². The number of rotatable bonds is 2. The third-order valence-corrected chi connectivity index (χ3v) is 2.83. The molecule has 80 valence electrons. The Morgan fingerprint density at radius 1 is 1.64 bits per heavy atom. The number of hydrogen-bond acceptors (Lipinski definition) is 5. The van der Waals surface area contributed by atoms with E-state index in [1.165, 1.54) is 7.11 Å². The predicted octanol–water partition coefficient (Wildman–Crippen LogP) is -0.328. The van der Waals surface area contributed by atoms with Crippen LogP contribution in [-0.2, 0) is 19.0 Å². The summed E-state index contributed by atoms with van der Waals surface area (Å²) >= 11 is 0. The van der Waals surface area contributed by atoms with Gasteiger partial charge in [-0.3, -0.25) is 4.79 Å². The first kappa shape index (κ1) is 9.89. The van der Waals surface area contributed by atoms with Crippen molar-refractivity contribution < 1.29 is 24.1 Å². The molecule has 2 aliphatic rings. The lowest BCUT2D eigenvalue weighted by atomic mass is 9.90. The van der Waals surface area contributed by atoms with Crippen LogP contribution in [0.5, 0.6) is 0 Å². The number of esters is 1. The van der Waals surface area contributed by atoms with E-state index in [4.69, 9.17) is 19.3 Å². The minimum absolute atomic E-state index is 0.0149. The molecule has 4 atom stereocenters. The maximum atomic E-state index is 11.1. The molecular formula is C9H14O5. The summed E-state index contributed by atoms with van der Waals surface area (Å²) in [5.74, 6) is -0.224. The minimum atomic E-state index is -0.376. The lowest BCUT2D eigenvalue weighted by Gasteiger charge is -2.35. The highest BCUT2D eigenvalue weighted by molar-refractivity contribution is 5.72. The molecular weight excluding hydrogens is 188 g/mol. The van der Waals surface area contributed by atoms with Gasteiger partial charge in [-0.25, -0.2) is 0 Å². The molecule has 0 aromatic carbocycles. The molecule has 0 amide bonds. The van der Waals surface area contributed by atoms with Gasteiger partial charge in [0.2, 0.25) is 0 Å². The minimum Gasteiger partial charge on any atom is -0.462 e. The van der Waals surface area contributed by atoms with Crippen LogP contribution < -0.4 is 0 Å². The van der Waals surface area contributed by atoms with E-state index in [2.05, 4.69) is 0 Å². The van der Waals surface area contributed by atoms with Gasteiger partial charge in [-0.05, 0) is 0 Å². The standard InChI is InChI=1S/C9H14O5/c1-12-9-3-6-5(2-8(11)13-6)7(4-10)14-9/h5-7,9-10H,2-4H2,1H3/t5-,6-,7-,9+/m0/s1. The maximum Gasteiger partial charge on any atom is 0.306 e. The highest BCUT2D eigenvalue weighted by atomic mass is 16.7. The normalized spacial score (nSPS) is 42.0. The van der Waals surface area contributed by atoms with E-state index < -0.39 is 0 Å². The average molecular weight is 202 g/mol. The van der Waals surface area contributed by atoms with Crippen molar-refractivity contribution in [3.05, 3.63) is 0 Å². The Morgan fingerprint density at radius 3 is 3.07 bits per heavy atom. The Bertz CT molecular complexity index is 229. The number of carbonyl (C=O) groups is 1. The van der Waals surface area contributed by atoms with Crippen molar-refractivity contribution in [2.75, 3.05) is 13.7 Å². The molecule has 0 unspecified atom stereocenters. The third-order valence-electron chi connectivity index (χ3n) is 2.83. The van der Waals surface area contributed by atoms with Crippen LogP contribution in [0.25, 0.3) is 0 Å². The second kappa shape index (κ2) is 3.84. The van der Waals surface area contributed by atoms with Crippen molar-refractivity contribution in [2.24, 2.45) is 5.92 Å². The second-order valence-corrected chi connectivity index (χ2v) is 3.65. The fraction of sp³-hybridized carbons (Fsp3) is 0.889. The van der Waals surface area contributed by atoms with Crippen LogP contribution in [0.3, 0.4) is 0 Å². The van der Waals surface area contributed by atoms with Crippen molar-refractivity contribution in [1.29, 1.82) is 0 Å². The zero-order chi connectivity index (χ0) is 10.1. The van der Waals surface area contributed by atoms with Gasteiger partial charge in [0.25, 0.3) is 0 Å². The molecule has 0 aliphatic carbocycles. The van der Waals surface area contributed by atoms with Gasteiger partial charge in [0, 0.05) is 19.4 Å². The molecule has 5 nitrogen and oxygen atoms in total. The molecule has 2 saturated heterocycles. The van der Waals surface area contributed by atoms with Gasteiger partial charge in [0.05, 0.1) is 19.1 Å². The molecule has 0 aromatic heterocycles. The molecule has 2 aliphatic heterocycles. The topological polar surface area (TPSA) is 65.0 Å². The van der Waals surface area contributed by atoms with Crippen molar-refractivity contribution in [3.8, 4) is 0 Å². The van der Waals surface area contributed by atoms with E-state index in [1.54, 1.807) is 0 Å². The van der Waals surface area contributed by atoms with Gasteiger partial charge in [0.1, 0.15) is 6.10 Å². The lowest BCUT2D eigenvalue weighted by molar-refractivity contribution is -0.224. The number of aliphatic hydroxyl groups is 1. The summed E-state index contributed by atoms with van der Waals surface area (Å²) in [4.78, 5) is 11.1. The van der Waals surface area contributed by atoms with Gasteiger partial charge in [-0.15, -0.1) is 0 Å². The number of fused-ring (bicyclic) bond motifs is 1. The first-order valence-electron chi connectivity index (χ1n) is 4.73. The number of methoxy groups -OCH3 is 1. The Labute approximate surface area is 81.9 Å². The number of hydrogen-bond donors (Lipinski definition) is 1. The summed E-state index contributed by atoms with van der Waals surface area (Å²) in [7, 11) is 1.54. The number of aliphatic hydroxyl groups excluding tert-OH is 1. The third kappa shape index (κ3) is 1.63. The van der Waals surface area contributed by atoms with Gasteiger partial charge in [0.15, 0.2) is 6.29 Å². The summed E-state index contributed by atoms with van der Waals surface area (Å²) < 4.78 is 15.6. The monoisotopic (exact) mass is 202 g/mol. The molecule has 1 N–H and O–H groups in total. The van der Waals surface area contributed by atoms with Crippen molar-refractivity contribution in [1.82, 2.24) is 0 Å². The molecule has 5 heteroatoms. The van der Waals surface area contributed by atoms with Crippen LogP contribution in [0.4, 0.5) is 0 Å². The summed E-state index contributed by atoms with van der Waals surface area (Å²) in [6.45, 7) is -0.0995. The van der Waals surface area contributed by atoms with E-state index >= 15 is 0 Å². The summed E-state index contributed by atoms with van der Waals surface area (Å²) in [5.41, 5.74) is 0. The predicted molar refractivity (Wildman–Crippen MR) is 45.4 cm³/mol. The van der Waals surface area contributed by atoms with Gasteiger partial charge in [-0.2, -0.15) is 0 Å². The average Bonchev–Trinajstić information content (AvgIpc) is 2.56. The lowest BCUT2D eigenvalue weighted by Crippen LogP contribution is -2.44. The molecule has 0 bridgehead atoms. The molecule has 0 spiro atoms. The van der Waals surface area contributed by atoms with Gasteiger partial charge >= 0.3 is 5.97 Å². The zero-order valence-electron chi connectivity index (χ0n) is 8.01. The van der Waals surface area contributed by atoms with Crippen molar-refractivity contribution in [3.63, 3.8) is 0 Å². The molecule has 0 radical (unpaired) electrons. The first-order chi connectivity index (χ1) is 6.74. The van der Waals surface area contributed by atoms with Crippen LogP contribution in [-0.4, -0.2) is 43.3 Å². The van der Waals surface area contributed by atoms with Crippen LogP contribution >= 0.6 is 0 Å². The molecule has 2 heterocycles. The van der Waals surface area contributed by atoms with E-state index in [9.17, 15) is 4.79 Å². The Morgan fingerprint density at radius 2 is 2.43 bits per heavy atom. The zero-order valence-corrected chi connectivity index (χ0v) is 8.01. The number of ether oxygens (including phenoxy) is 3. The smallest absolute Gasteiger partial charge is 0.306 e. The Hall–Kier alpha value is -0.650. The largest absolute Gasteiger partial charge is 0.462 e. The Kier molecular flexibility index (Phi) is 2.71. The van der Waals surface area contributed by atoms with E-state index in [-0.39, 0.29) is 37.0 Å². The molecule has 0 saturated carbocycles. The fourth-order valence-corrected chi connectivity index (χ4v) is 2.09. The summed E-state index contributed by atoms with van der Waals surface area (Å²) in [6, 6.07) is 0. The molecule has 14 heavy (non-hydrogen) atoms. The molecule has 2 fully saturated rings. The van der Waals surface area contributed by atoms with E-state index in [1.807, 2.05) is 0 Å².